The molecule has 0 radical (unpaired) electrons. The highest BCUT2D eigenvalue weighted by molar-refractivity contribution is 5.66. The number of para-hydroxylation sites is 2. The highest BCUT2D eigenvalue weighted by atomic mass is 16.5. The van der Waals surface area contributed by atoms with E-state index >= 15 is 0 Å². The van der Waals surface area contributed by atoms with E-state index in [1.165, 1.54) is 0 Å². The lowest BCUT2D eigenvalue weighted by atomic mass is 10.1. The number of aryl methyl sites for hydroxylation is 1. The third-order valence-electron chi connectivity index (χ3n) is 3.24. The van der Waals surface area contributed by atoms with Crippen LogP contribution in [0.15, 0.2) is 54.7 Å². The molecule has 0 spiro atoms. The van der Waals surface area contributed by atoms with Crippen molar-refractivity contribution in [2.75, 3.05) is 7.11 Å². The average Bonchev–Trinajstić information content (AvgIpc) is 2.97. The predicted octanol–water partition coefficient (Wildman–Crippen LogP) is 3.25. The van der Waals surface area contributed by atoms with E-state index in [-0.39, 0.29) is 0 Å². The van der Waals surface area contributed by atoms with Gasteiger partial charge in [0.25, 0.3) is 0 Å². The summed E-state index contributed by atoms with van der Waals surface area (Å²) < 4.78 is 7.15. The van der Waals surface area contributed by atoms with Crippen LogP contribution in [-0.2, 0) is 0 Å². The fourth-order valence-electron chi connectivity index (χ4n) is 2.18. The molecule has 0 N–H and O–H groups in total. The van der Waals surface area contributed by atoms with Crippen LogP contribution in [0.1, 0.15) is 5.56 Å². The van der Waals surface area contributed by atoms with Gasteiger partial charge in [-0.15, -0.1) is 5.10 Å². The smallest absolute Gasteiger partial charge is 0.128 e. The minimum absolute atomic E-state index is 0.796. The summed E-state index contributed by atoms with van der Waals surface area (Å²) >= 11 is 0. The maximum Gasteiger partial charge on any atom is 0.128 e. The zero-order valence-electron chi connectivity index (χ0n) is 11.4. The van der Waals surface area contributed by atoms with Crippen LogP contribution in [0.3, 0.4) is 0 Å². The summed E-state index contributed by atoms with van der Waals surface area (Å²) in [5.41, 5.74) is 3.92. The predicted molar refractivity (Wildman–Crippen MR) is 78.1 cm³/mol. The third-order valence-corrected chi connectivity index (χ3v) is 3.24. The van der Waals surface area contributed by atoms with E-state index in [0.717, 1.165) is 28.3 Å². The molecule has 0 aliphatic rings. The number of benzene rings is 2. The van der Waals surface area contributed by atoms with Gasteiger partial charge in [-0.3, -0.25) is 0 Å². The van der Waals surface area contributed by atoms with E-state index in [1.54, 1.807) is 11.8 Å². The molecule has 0 unspecified atom stereocenters. The molecular weight excluding hydrogens is 250 g/mol. The second-order valence-electron chi connectivity index (χ2n) is 4.54. The zero-order chi connectivity index (χ0) is 13.9. The summed E-state index contributed by atoms with van der Waals surface area (Å²) in [4.78, 5) is 0. The van der Waals surface area contributed by atoms with Gasteiger partial charge in [-0.25, -0.2) is 4.68 Å². The van der Waals surface area contributed by atoms with E-state index in [0.29, 0.717) is 0 Å². The molecule has 0 atom stereocenters. The molecule has 3 aromatic rings. The Labute approximate surface area is 117 Å². The average molecular weight is 265 g/mol. The van der Waals surface area contributed by atoms with Gasteiger partial charge < -0.3 is 4.74 Å². The molecule has 1 aromatic heterocycles. The third kappa shape index (κ3) is 2.16. The Kier molecular flexibility index (Phi) is 3.21. The molecule has 0 amide bonds. The topological polar surface area (TPSA) is 39.9 Å². The molecule has 0 bridgehead atoms. The lowest BCUT2D eigenvalue weighted by Crippen LogP contribution is -1.97. The molecule has 0 aliphatic carbocycles. The minimum atomic E-state index is 0.796. The van der Waals surface area contributed by atoms with Crippen molar-refractivity contribution in [3.8, 4) is 22.7 Å². The number of hydrogen-bond acceptors (Lipinski definition) is 3. The molecule has 0 saturated carbocycles. The SMILES string of the molecule is COc1ccccc1-c1cn(-c2ccccc2C)nn1. The summed E-state index contributed by atoms with van der Waals surface area (Å²) in [5, 5.41) is 8.46. The van der Waals surface area contributed by atoms with Gasteiger partial charge in [-0.1, -0.05) is 35.5 Å². The summed E-state index contributed by atoms with van der Waals surface area (Å²) in [6, 6.07) is 15.9. The second-order valence-corrected chi connectivity index (χ2v) is 4.54. The minimum Gasteiger partial charge on any atom is -0.496 e. The number of aromatic nitrogens is 3. The van der Waals surface area contributed by atoms with Crippen molar-refractivity contribution in [1.82, 2.24) is 15.0 Å². The molecule has 4 heteroatoms. The van der Waals surface area contributed by atoms with E-state index < -0.39 is 0 Å². The van der Waals surface area contributed by atoms with Crippen LogP contribution in [0, 0.1) is 6.92 Å². The summed E-state index contributed by atoms with van der Waals surface area (Å²) in [6.07, 6.45) is 1.92. The summed E-state index contributed by atoms with van der Waals surface area (Å²) in [5.74, 6) is 0.796. The molecule has 2 aromatic carbocycles. The first kappa shape index (κ1) is 12.4. The van der Waals surface area contributed by atoms with Gasteiger partial charge in [-0.05, 0) is 30.7 Å². The Morgan fingerprint density at radius 2 is 1.75 bits per heavy atom. The maximum absolute atomic E-state index is 5.36. The molecular formula is C16H15N3O. The van der Waals surface area contributed by atoms with Gasteiger partial charge >= 0.3 is 0 Å². The van der Waals surface area contributed by atoms with Crippen molar-refractivity contribution < 1.29 is 4.74 Å². The molecule has 0 aliphatic heterocycles. The Balaban J connectivity index is 2.05. The molecule has 0 fully saturated rings. The van der Waals surface area contributed by atoms with Gasteiger partial charge in [-0.2, -0.15) is 0 Å². The van der Waals surface area contributed by atoms with E-state index in [9.17, 15) is 0 Å². The first-order valence-electron chi connectivity index (χ1n) is 6.41. The van der Waals surface area contributed by atoms with Crippen molar-refractivity contribution in [2.45, 2.75) is 6.92 Å². The van der Waals surface area contributed by atoms with E-state index in [1.807, 2.05) is 48.7 Å². The highest BCUT2D eigenvalue weighted by Crippen LogP contribution is 2.28. The Morgan fingerprint density at radius 1 is 1.00 bits per heavy atom. The van der Waals surface area contributed by atoms with E-state index in [4.69, 9.17) is 4.74 Å². The first-order chi connectivity index (χ1) is 9.79. The molecule has 100 valence electrons. The van der Waals surface area contributed by atoms with Gasteiger partial charge in [0.1, 0.15) is 11.4 Å². The zero-order valence-corrected chi connectivity index (χ0v) is 11.4. The molecule has 3 rings (SSSR count). The Bertz CT molecular complexity index is 734. The number of methoxy groups -OCH3 is 1. The lowest BCUT2D eigenvalue weighted by molar-refractivity contribution is 0.416. The fraction of sp³-hybridized carbons (Fsp3) is 0.125. The van der Waals surface area contributed by atoms with E-state index in [2.05, 4.69) is 23.3 Å². The van der Waals surface area contributed by atoms with Gasteiger partial charge in [0, 0.05) is 5.56 Å². The quantitative estimate of drug-likeness (QED) is 0.729. The first-order valence-corrected chi connectivity index (χ1v) is 6.41. The molecule has 4 nitrogen and oxygen atoms in total. The monoisotopic (exact) mass is 265 g/mol. The summed E-state index contributed by atoms with van der Waals surface area (Å²) in [6.45, 7) is 2.06. The number of rotatable bonds is 3. The molecule has 1 heterocycles. The van der Waals surface area contributed by atoms with Crippen LogP contribution in [0.2, 0.25) is 0 Å². The fourth-order valence-corrected chi connectivity index (χ4v) is 2.18. The van der Waals surface area contributed by atoms with Crippen LogP contribution in [0.5, 0.6) is 5.75 Å². The van der Waals surface area contributed by atoms with Crippen LogP contribution < -0.4 is 4.74 Å². The van der Waals surface area contributed by atoms with Crippen molar-refractivity contribution in [1.29, 1.82) is 0 Å². The standard InChI is InChI=1S/C16H15N3O/c1-12-7-3-5-9-15(12)19-11-14(17-18-19)13-8-4-6-10-16(13)20-2/h3-11H,1-2H3. The van der Waals surface area contributed by atoms with Crippen LogP contribution in [-0.4, -0.2) is 22.1 Å². The molecule has 20 heavy (non-hydrogen) atoms. The Morgan fingerprint density at radius 3 is 2.55 bits per heavy atom. The molecule has 0 saturated heterocycles. The number of nitrogens with zero attached hydrogens (tertiary/aromatic N) is 3. The number of ether oxygens (including phenoxy) is 1. The van der Waals surface area contributed by atoms with Crippen molar-refractivity contribution in [3.63, 3.8) is 0 Å². The maximum atomic E-state index is 5.36. The van der Waals surface area contributed by atoms with Crippen molar-refractivity contribution in [2.24, 2.45) is 0 Å². The highest BCUT2D eigenvalue weighted by Gasteiger charge is 2.10. The second kappa shape index (κ2) is 5.17. The van der Waals surface area contributed by atoms with Crippen molar-refractivity contribution >= 4 is 0 Å². The normalized spacial score (nSPS) is 10.5. The lowest BCUT2D eigenvalue weighted by Gasteiger charge is -2.05. The van der Waals surface area contributed by atoms with Crippen LogP contribution >= 0.6 is 0 Å². The van der Waals surface area contributed by atoms with Gasteiger partial charge in [0.05, 0.1) is 19.0 Å². The largest absolute Gasteiger partial charge is 0.496 e. The van der Waals surface area contributed by atoms with Gasteiger partial charge in [0.15, 0.2) is 0 Å². The van der Waals surface area contributed by atoms with Crippen LogP contribution in [0.4, 0.5) is 0 Å². The number of hydrogen-bond donors (Lipinski definition) is 0. The summed E-state index contributed by atoms with van der Waals surface area (Å²) in [7, 11) is 1.66. The van der Waals surface area contributed by atoms with Crippen LogP contribution in [0.25, 0.3) is 16.9 Å². The van der Waals surface area contributed by atoms with Gasteiger partial charge in [0.2, 0.25) is 0 Å². The Hall–Kier alpha value is -2.62. The van der Waals surface area contributed by atoms with Crippen molar-refractivity contribution in [3.05, 3.63) is 60.3 Å².